The van der Waals surface area contributed by atoms with Crippen LogP contribution in [0.15, 0.2) is 72.8 Å². The minimum absolute atomic E-state index is 0.174. The molecule has 3 aromatic carbocycles. The van der Waals surface area contributed by atoms with Crippen LogP contribution in [0.5, 0.6) is 0 Å². The maximum absolute atomic E-state index is 12.3. The quantitative estimate of drug-likeness (QED) is 0.638. The van der Waals surface area contributed by atoms with Crippen LogP contribution in [0.4, 0.5) is 0 Å². The Kier molecular flexibility index (Phi) is 6.21. The molecule has 0 aliphatic carbocycles. The lowest BCUT2D eigenvalue weighted by molar-refractivity contribution is -0.141. The van der Waals surface area contributed by atoms with E-state index in [1.807, 2.05) is 72.8 Å². The molecule has 0 heterocycles. The number of aliphatic carboxylic acids is 1. The highest BCUT2D eigenvalue weighted by atomic mass is 16.4. The van der Waals surface area contributed by atoms with Crippen molar-refractivity contribution in [2.75, 3.05) is 0 Å². The topological polar surface area (TPSA) is 66.4 Å². The molecular formula is C23H23NO3. The smallest absolute Gasteiger partial charge is 0.326 e. The third-order valence-corrected chi connectivity index (χ3v) is 4.61. The van der Waals surface area contributed by atoms with Crippen molar-refractivity contribution in [2.24, 2.45) is 0 Å². The number of carboxylic acid groups (broad SMARTS) is 1. The number of carbonyl (C=O) groups excluding carboxylic acids is 1. The molecule has 0 spiro atoms. The monoisotopic (exact) mass is 361 g/mol. The summed E-state index contributed by atoms with van der Waals surface area (Å²) in [4.78, 5) is 23.8. The van der Waals surface area contributed by atoms with E-state index in [9.17, 15) is 14.7 Å². The normalized spacial score (nSPS) is 11.9. The number of amides is 1. The number of hydrogen-bond acceptors (Lipinski definition) is 2. The van der Waals surface area contributed by atoms with Crippen molar-refractivity contribution in [3.63, 3.8) is 0 Å². The van der Waals surface area contributed by atoms with E-state index in [-0.39, 0.29) is 12.3 Å². The fourth-order valence-electron chi connectivity index (χ4n) is 3.19. The van der Waals surface area contributed by atoms with E-state index in [4.69, 9.17) is 0 Å². The Labute approximate surface area is 158 Å². The summed E-state index contributed by atoms with van der Waals surface area (Å²) < 4.78 is 0. The lowest BCUT2D eigenvalue weighted by Gasteiger charge is -2.15. The van der Waals surface area contributed by atoms with E-state index in [2.05, 4.69) is 5.32 Å². The molecule has 0 aliphatic rings. The highest BCUT2D eigenvalue weighted by Crippen LogP contribution is 2.16. The fourth-order valence-corrected chi connectivity index (χ4v) is 3.19. The number of benzene rings is 3. The summed E-state index contributed by atoms with van der Waals surface area (Å²) >= 11 is 0. The minimum Gasteiger partial charge on any atom is -0.480 e. The molecule has 0 radical (unpaired) electrons. The van der Waals surface area contributed by atoms with Gasteiger partial charge in [-0.05, 0) is 41.2 Å². The summed E-state index contributed by atoms with van der Waals surface area (Å²) in [5.74, 6) is -1.26. The third-order valence-electron chi connectivity index (χ3n) is 4.61. The molecule has 3 aromatic rings. The van der Waals surface area contributed by atoms with Gasteiger partial charge in [0.1, 0.15) is 6.04 Å². The van der Waals surface area contributed by atoms with Crippen LogP contribution in [-0.4, -0.2) is 23.0 Å². The van der Waals surface area contributed by atoms with Gasteiger partial charge in [-0.1, -0.05) is 72.8 Å². The Hall–Kier alpha value is -3.14. The van der Waals surface area contributed by atoms with Crippen LogP contribution in [0.3, 0.4) is 0 Å². The van der Waals surface area contributed by atoms with E-state index >= 15 is 0 Å². The van der Waals surface area contributed by atoms with Gasteiger partial charge in [0.2, 0.25) is 5.91 Å². The van der Waals surface area contributed by atoms with Gasteiger partial charge >= 0.3 is 5.97 Å². The van der Waals surface area contributed by atoms with E-state index in [1.165, 1.54) is 5.56 Å². The average molecular weight is 361 g/mol. The van der Waals surface area contributed by atoms with E-state index < -0.39 is 12.0 Å². The first-order valence-electron chi connectivity index (χ1n) is 9.15. The zero-order valence-electron chi connectivity index (χ0n) is 15.1. The van der Waals surface area contributed by atoms with Crippen LogP contribution >= 0.6 is 0 Å². The van der Waals surface area contributed by atoms with Crippen molar-refractivity contribution >= 4 is 22.6 Å². The standard InChI is InChI=1S/C23H23NO3/c25-22(16-18-13-14-19-10-4-5-11-20(19)15-18)24-21(23(26)27)12-6-9-17-7-2-1-3-8-17/h1-5,7-8,10-11,13-15,21H,6,9,12,16H2,(H,24,25)(H,26,27)/t21-/m0/s1. The SMILES string of the molecule is O=C(Cc1ccc2ccccc2c1)N[C@@H](CCCc1ccccc1)C(=O)O. The largest absolute Gasteiger partial charge is 0.480 e. The second-order valence-electron chi connectivity index (χ2n) is 6.69. The van der Waals surface area contributed by atoms with Crippen molar-refractivity contribution in [3.8, 4) is 0 Å². The molecule has 4 heteroatoms. The maximum atomic E-state index is 12.3. The molecule has 1 atom stereocenters. The zero-order valence-corrected chi connectivity index (χ0v) is 15.1. The molecule has 2 N–H and O–H groups in total. The summed E-state index contributed by atoms with van der Waals surface area (Å²) in [5.41, 5.74) is 2.05. The van der Waals surface area contributed by atoms with Crippen LogP contribution in [0, 0.1) is 0 Å². The van der Waals surface area contributed by atoms with Crippen molar-refractivity contribution in [1.82, 2.24) is 5.32 Å². The molecule has 0 aromatic heterocycles. The Bertz CT molecular complexity index is 921. The van der Waals surface area contributed by atoms with E-state index in [0.717, 1.165) is 22.8 Å². The number of hydrogen-bond donors (Lipinski definition) is 2. The molecule has 0 fully saturated rings. The molecule has 0 saturated carbocycles. The van der Waals surface area contributed by atoms with E-state index in [0.29, 0.717) is 12.8 Å². The average Bonchev–Trinajstić information content (AvgIpc) is 2.68. The number of nitrogens with one attached hydrogen (secondary N) is 1. The van der Waals surface area contributed by atoms with Gasteiger partial charge in [0.15, 0.2) is 0 Å². The molecule has 27 heavy (non-hydrogen) atoms. The molecule has 4 nitrogen and oxygen atoms in total. The predicted molar refractivity (Wildman–Crippen MR) is 107 cm³/mol. The van der Waals surface area contributed by atoms with Crippen LogP contribution in [-0.2, 0) is 22.4 Å². The molecule has 138 valence electrons. The highest BCUT2D eigenvalue weighted by molar-refractivity contribution is 5.87. The van der Waals surface area contributed by atoms with Crippen LogP contribution in [0.2, 0.25) is 0 Å². The third kappa shape index (κ3) is 5.42. The summed E-state index contributed by atoms with van der Waals surface area (Å²) in [7, 11) is 0. The van der Waals surface area contributed by atoms with Gasteiger partial charge in [0.05, 0.1) is 6.42 Å². The number of aryl methyl sites for hydroxylation is 1. The van der Waals surface area contributed by atoms with Gasteiger partial charge in [-0.15, -0.1) is 0 Å². The number of rotatable bonds is 8. The number of carboxylic acids is 1. The summed E-state index contributed by atoms with van der Waals surface area (Å²) in [6.07, 6.45) is 2.09. The Balaban J connectivity index is 1.55. The van der Waals surface area contributed by atoms with Gasteiger partial charge in [0, 0.05) is 0 Å². The second kappa shape index (κ2) is 8.99. The Morgan fingerprint density at radius 1 is 0.852 bits per heavy atom. The molecule has 0 saturated heterocycles. The summed E-state index contributed by atoms with van der Waals surface area (Å²) in [5, 5.41) is 14.3. The van der Waals surface area contributed by atoms with Gasteiger partial charge < -0.3 is 10.4 Å². The molecular weight excluding hydrogens is 338 g/mol. The maximum Gasteiger partial charge on any atom is 0.326 e. The molecule has 0 aliphatic heterocycles. The Morgan fingerprint density at radius 2 is 1.56 bits per heavy atom. The lowest BCUT2D eigenvalue weighted by atomic mass is 10.0. The van der Waals surface area contributed by atoms with Crippen LogP contribution in [0.1, 0.15) is 24.0 Å². The molecule has 1 amide bonds. The zero-order chi connectivity index (χ0) is 19.1. The molecule has 3 rings (SSSR count). The fraction of sp³-hybridized carbons (Fsp3) is 0.217. The van der Waals surface area contributed by atoms with Crippen molar-refractivity contribution in [3.05, 3.63) is 83.9 Å². The highest BCUT2D eigenvalue weighted by Gasteiger charge is 2.19. The van der Waals surface area contributed by atoms with Crippen LogP contribution < -0.4 is 5.32 Å². The summed E-state index contributed by atoms with van der Waals surface area (Å²) in [6.45, 7) is 0. The van der Waals surface area contributed by atoms with Crippen molar-refractivity contribution < 1.29 is 14.7 Å². The second-order valence-corrected chi connectivity index (χ2v) is 6.69. The lowest BCUT2D eigenvalue weighted by Crippen LogP contribution is -2.41. The predicted octanol–water partition coefficient (Wildman–Crippen LogP) is 3.97. The van der Waals surface area contributed by atoms with Gasteiger partial charge in [0.25, 0.3) is 0 Å². The van der Waals surface area contributed by atoms with Crippen molar-refractivity contribution in [2.45, 2.75) is 31.7 Å². The van der Waals surface area contributed by atoms with Crippen molar-refractivity contribution in [1.29, 1.82) is 0 Å². The molecule has 0 bridgehead atoms. The number of fused-ring (bicyclic) bond motifs is 1. The first-order chi connectivity index (χ1) is 13.1. The van der Waals surface area contributed by atoms with Crippen LogP contribution in [0.25, 0.3) is 10.8 Å². The Morgan fingerprint density at radius 3 is 2.30 bits per heavy atom. The first-order valence-corrected chi connectivity index (χ1v) is 9.15. The van der Waals surface area contributed by atoms with Gasteiger partial charge in [-0.2, -0.15) is 0 Å². The van der Waals surface area contributed by atoms with Gasteiger partial charge in [-0.25, -0.2) is 4.79 Å². The van der Waals surface area contributed by atoms with Gasteiger partial charge in [-0.3, -0.25) is 4.79 Å². The molecule has 0 unspecified atom stereocenters. The van der Waals surface area contributed by atoms with E-state index in [1.54, 1.807) is 0 Å². The first kappa shape index (κ1) is 18.6. The number of carbonyl (C=O) groups is 2. The minimum atomic E-state index is -0.991. The summed E-state index contributed by atoms with van der Waals surface area (Å²) in [6, 6.07) is 22.9.